The molecule has 0 fully saturated rings. The molecule has 1 aromatic carbocycles. The summed E-state index contributed by atoms with van der Waals surface area (Å²) in [7, 11) is 0. The first-order valence-corrected chi connectivity index (χ1v) is 10.6. The summed E-state index contributed by atoms with van der Waals surface area (Å²) in [5.41, 5.74) is 3.38. The molecule has 0 amide bonds. The molecule has 1 aromatic heterocycles. The molecule has 1 aliphatic heterocycles. The Morgan fingerprint density at radius 3 is 2.73 bits per heavy atom. The van der Waals surface area contributed by atoms with Crippen LogP contribution in [0.2, 0.25) is 0 Å². The Morgan fingerprint density at radius 2 is 2.08 bits per heavy atom. The van der Waals surface area contributed by atoms with Crippen molar-refractivity contribution in [3.8, 4) is 17.6 Å². The first kappa shape index (κ1) is 18.7. The van der Waals surface area contributed by atoms with E-state index >= 15 is 0 Å². The van der Waals surface area contributed by atoms with Crippen molar-refractivity contribution in [1.82, 2.24) is 4.98 Å². The molecule has 1 aliphatic rings. The molecule has 0 spiro atoms. The minimum Gasteiger partial charge on any atom is -0.493 e. The topological polar surface area (TPSA) is 59.4 Å². The number of fused-ring (bicyclic) bond motifs is 1. The van der Waals surface area contributed by atoms with E-state index in [4.69, 9.17) is 9.84 Å². The van der Waals surface area contributed by atoms with Gasteiger partial charge in [0, 0.05) is 23.7 Å². The number of hydrogen-bond acceptors (Lipinski definition) is 5. The van der Waals surface area contributed by atoms with E-state index in [1.807, 2.05) is 35.7 Å². The van der Waals surface area contributed by atoms with Crippen LogP contribution in [0.15, 0.2) is 36.5 Å². The number of ether oxygens (including phenoxy) is 1. The van der Waals surface area contributed by atoms with Crippen molar-refractivity contribution in [2.24, 2.45) is 0 Å². The van der Waals surface area contributed by atoms with E-state index in [9.17, 15) is 4.79 Å². The van der Waals surface area contributed by atoms with Crippen molar-refractivity contribution < 1.29 is 14.6 Å². The van der Waals surface area contributed by atoms with Crippen LogP contribution < -0.4 is 4.74 Å². The van der Waals surface area contributed by atoms with Gasteiger partial charge in [-0.25, -0.2) is 4.98 Å². The molecule has 0 atom stereocenters. The lowest BCUT2D eigenvalue weighted by molar-refractivity contribution is -0.136. The van der Waals surface area contributed by atoms with Gasteiger partial charge < -0.3 is 9.84 Å². The number of aromatic nitrogens is 1. The number of benzene rings is 1. The lowest BCUT2D eigenvalue weighted by Gasteiger charge is -2.36. The minimum absolute atomic E-state index is 0.00199. The zero-order chi connectivity index (χ0) is 18.6. The number of hydrogen-bond donors (Lipinski definition) is 1. The normalized spacial score (nSPS) is 14.5. The largest absolute Gasteiger partial charge is 0.493 e. The smallest absolute Gasteiger partial charge is 0.307 e. The second-order valence-electron chi connectivity index (χ2n) is 5.84. The highest BCUT2D eigenvalue weighted by molar-refractivity contribution is 8.16. The summed E-state index contributed by atoms with van der Waals surface area (Å²) in [6.45, 7) is 0.728. The van der Waals surface area contributed by atoms with Crippen molar-refractivity contribution in [3.05, 3.63) is 58.9 Å². The molecular formula is C20H19NO3S2. The van der Waals surface area contributed by atoms with Crippen molar-refractivity contribution in [1.29, 1.82) is 0 Å². The molecule has 4 nitrogen and oxygen atoms in total. The lowest BCUT2D eigenvalue weighted by atomic mass is 10.0. The van der Waals surface area contributed by atoms with Crippen molar-refractivity contribution in [3.63, 3.8) is 0 Å². The summed E-state index contributed by atoms with van der Waals surface area (Å²) in [5.74, 6) is 6.27. The highest BCUT2D eigenvalue weighted by atomic mass is 32.2. The minimum atomic E-state index is -0.868. The summed E-state index contributed by atoms with van der Waals surface area (Å²) in [5, 5.41) is 8.80. The van der Waals surface area contributed by atoms with Gasteiger partial charge in [0.15, 0.2) is 0 Å². The van der Waals surface area contributed by atoms with Crippen LogP contribution in [-0.2, 0) is 15.3 Å². The van der Waals surface area contributed by atoms with Crippen molar-refractivity contribution >= 4 is 29.5 Å². The number of pyridine rings is 1. The molecular weight excluding hydrogens is 366 g/mol. The van der Waals surface area contributed by atoms with Crippen LogP contribution in [0.1, 0.15) is 28.8 Å². The molecule has 0 radical (unpaired) electrons. The van der Waals surface area contributed by atoms with Gasteiger partial charge >= 0.3 is 5.97 Å². The van der Waals surface area contributed by atoms with E-state index in [-0.39, 0.29) is 10.5 Å². The molecule has 134 valence electrons. The monoisotopic (exact) mass is 385 g/mol. The number of carboxylic acid groups (broad SMARTS) is 1. The van der Waals surface area contributed by atoms with E-state index in [1.165, 1.54) is 5.56 Å². The second-order valence-corrected chi connectivity index (χ2v) is 8.31. The number of carboxylic acids is 1. The molecule has 2 heterocycles. The van der Waals surface area contributed by atoms with Crippen LogP contribution in [0.4, 0.5) is 0 Å². The maximum atomic E-state index is 10.7. The molecule has 2 aromatic rings. The number of rotatable bonds is 4. The SMILES string of the molecule is CSC1(SC)CCOc2ccc(C#Cc3ccc(CC(=O)O)cn3)cc21. The standard InChI is InChI=1S/C20H19NO3S2/c1-25-20(26-2)9-10-24-18-8-5-14(11-17(18)20)3-6-16-7-4-15(13-21-16)12-19(22)23/h4-5,7-8,11,13H,9-10,12H2,1-2H3,(H,22,23). The lowest BCUT2D eigenvalue weighted by Crippen LogP contribution is -2.26. The molecule has 0 unspecified atom stereocenters. The van der Waals surface area contributed by atoms with E-state index in [2.05, 4.69) is 35.4 Å². The number of aliphatic carboxylic acids is 1. The average Bonchev–Trinajstić information content (AvgIpc) is 2.66. The van der Waals surface area contributed by atoms with E-state index in [1.54, 1.807) is 18.3 Å². The van der Waals surface area contributed by atoms with Gasteiger partial charge in [0.2, 0.25) is 0 Å². The second kappa shape index (κ2) is 8.07. The highest BCUT2D eigenvalue weighted by Crippen LogP contribution is 2.52. The summed E-state index contributed by atoms with van der Waals surface area (Å²) >= 11 is 3.68. The molecule has 26 heavy (non-hydrogen) atoms. The molecule has 1 N–H and O–H groups in total. The van der Waals surface area contributed by atoms with Gasteiger partial charge in [-0.2, -0.15) is 0 Å². The molecule has 0 aliphatic carbocycles. The van der Waals surface area contributed by atoms with Gasteiger partial charge in [-0.1, -0.05) is 12.0 Å². The fourth-order valence-electron chi connectivity index (χ4n) is 2.88. The van der Waals surface area contributed by atoms with Crippen molar-refractivity contribution in [2.45, 2.75) is 16.9 Å². The molecule has 3 rings (SSSR count). The third kappa shape index (κ3) is 4.00. The molecule has 6 heteroatoms. The Kier molecular flexibility index (Phi) is 5.80. The van der Waals surface area contributed by atoms with E-state index in [0.29, 0.717) is 11.3 Å². The van der Waals surface area contributed by atoms with E-state index in [0.717, 1.165) is 24.3 Å². The molecule has 0 saturated heterocycles. The van der Waals surface area contributed by atoms with Gasteiger partial charge in [0.1, 0.15) is 11.4 Å². The van der Waals surface area contributed by atoms with Crippen LogP contribution in [0.5, 0.6) is 5.75 Å². The zero-order valence-electron chi connectivity index (χ0n) is 14.6. The number of thioether (sulfide) groups is 2. The Morgan fingerprint density at radius 1 is 1.27 bits per heavy atom. The zero-order valence-corrected chi connectivity index (χ0v) is 16.2. The Hall–Kier alpha value is -2.10. The fraction of sp³-hybridized carbons (Fsp3) is 0.300. The van der Waals surface area contributed by atoms with Gasteiger partial charge in [-0.05, 0) is 48.3 Å². The maximum absolute atomic E-state index is 10.7. The quantitative estimate of drug-likeness (QED) is 0.639. The number of nitrogens with zero attached hydrogens (tertiary/aromatic N) is 1. The van der Waals surface area contributed by atoms with Crippen LogP contribution in [-0.4, -0.2) is 35.2 Å². The molecule has 0 bridgehead atoms. The van der Waals surface area contributed by atoms with Crippen LogP contribution in [0.25, 0.3) is 0 Å². The first-order valence-electron chi connectivity index (χ1n) is 8.13. The summed E-state index contributed by atoms with van der Waals surface area (Å²) < 4.78 is 5.81. The number of carbonyl (C=O) groups is 1. The third-order valence-corrected chi connectivity index (χ3v) is 7.42. The van der Waals surface area contributed by atoms with Gasteiger partial charge in [-0.3, -0.25) is 4.79 Å². The van der Waals surface area contributed by atoms with Gasteiger partial charge in [-0.15, -0.1) is 23.5 Å². The maximum Gasteiger partial charge on any atom is 0.307 e. The summed E-state index contributed by atoms with van der Waals surface area (Å²) in [6, 6.07) is 9.55. The van der Waals surface area contributed by atoms with Crippen molar-refractivity contribution in [2.75, 3.05) is 19.1 Å². The average molecular weight is 386 g/mol. The fourth-order valence-corrected chi connectivity index (χ4v) is 4.88. The molecule has 0 saturated carbocycles. The summed E-state index contributed by atoms with van der Waals surface area (Å²) in [6.07, 6.45) is 6.76. The Labute approximate surface area is 161 Å². The Bertz CT molecular complexity index is 865. The van der Waals surface area contributed by atoms with Crippen LogP contribution in [0.3, 0.4) is 0 Å². The predicted molar refractivity (Wildman–Crippen MR) is 107 cm³/mol. The predicted octanol–water partition coefficient (Wildman–Crippen LogP) is 3.77. The Balaban J connectivity index is 1.86. The highest BCUT2D eigenvalue weighted by Gasteiger charge is 2.36. The summed E-state index contributed by atoms with van der Waals surface area (Å²) in [4.78, 5) is 14.9. The van der Waals surface area contributed by atoms with Gasteiger partial charge in [0.25, 0.3) is 0 Å². The van der Waals surface area contributed by atoms with Crippen LogP contribution in [0, 0.1) is 11.8 Å². The first-order chi connectivity index (χ1) is 12.6. The van der Waals surface area contributed by atoms with Gasteiger partial charge in [0.05, 0.1) is 17.1 Å². The van der Waals surface area contributed by atoms with E-state index < -0.39 is 5.97 Å². The van der Waals surface area contributed by atoms with Crippen LogP contribution >= 0.6 is 23.5 Å². The third-order valence-electron chi connectivity index (χ3n) is 4.25.